The number of rotatable bonds is 2. The number of hydrogen-bond donors (Lipinski definition) is 3. The van der Waals surface area contributed by atoms with Crippen molar-refractivity contribution in [3.05, 3.63) is 17.7 Å². The summed E-state index contributed by atoms with van der Waals surface area (Å²) in [6, 6.07) is -0.0141. The zero-order valence-electron chi connectivity index (χ0n) is 14.1. The molecule has 3 N–H and O–H groups in total. The van der Waals surface area contributed by atoms with Crippen LogP contribution < -0.4 is 0 Å². The summed E-state index contributed by atoms with van der Waals surface area (Å²) in [7, 11) is -4.67. The molecule has 3 heterocycles. The van der Waals surface area contributed by atoms with Crippen molar-refractivity contribution in [3.63, 3.8) is 0 Å². The van der Waals surface area contributed by atoms with E-state index in [1.165, 1.54) is 0 Å². The molecule has 0 aliphatic carbocycles. The van der Waals surface area contributed by atoms with Crippen molar-refractivity contribution in [2.45, 2.75) is 38.8 Å². The van der Waals surface area contributed by atoms with Crippen LogP contribution in [-0.2, 0) is 26.3 Å². The van der Waals surface area contributed by atoms with Gasteiger partial charge in [-0.15, -0.1) is 0 Å². The number of fused-ring (bicyclic) bond motifs is 1. The van der Waals surface area contributed by atoms with E-state index >= 15 is 0 Å². The minimum absolute atomic E-state index is 0.0141. The summed E-state index contributed by atoms with van der Waals surface area (Å²) in [5.41, 5.74) is 2.11. The van der Waals surface area contributed by atoms with Crippen molar-refractivity contribution in [1.82, 2.24) is 14.9 Å². The number of imidazole rings is 1. The molecule has 0 saturated carbocycles. The lowest BCUT2D eigenvalue weighted by Crippen LogP contribution is -2.43. The number of nitrogens with zero attached hydrogens (tertiary/aromatic N) is 2. The van der Waals surface area contributed by atoms with E-state index in [2.05, 4.69) is 23.8 Å². The molecular formula is C14H23N3O7S. The van der Waals surface area contributed by atoms with E-state index in [0.717, 1.165) is 24.2 Å². The van der Waals surface area contributed by atoms with Gasteiger partial charge in [0.15, 0.2) is 0 Å². The zero-order chi connectivity index (χ0) is 18.6. The smallest absolute Gasteiger partial charge is 0.410 e. The molecule has 1 fully saturated rings. The number of carbonyl (C=O) groups is 1. The molecule has 0 aromatic carbocycles. The number of H-pyrrole nitrogens is 1. The highest BCUT2D eigenvalue weighted by molar-refractivity contribution is 7.79. The average Bonchev–Trinajstić information content (AvgIpc) is 3.14. The molecule has 3 rings (SSSR count). The van der Waals surface area contributed by atoms with Gasteiger partial charge < -0.3 is 14.5 Å². The van der Waals surface area contributed by atoms with E-state index in [4.69, 9.17) is 27.0 Å². The highest BCUT2D eigenvalue weighted by Crippen LogP contribution is 2.33. The topological polar surface area (TPSA) is 142 Å². The fourth-order valence-corrected chi connectivity index (χ4v) is 3.00. The predicted octanol–water partition coefficient (Wildman–Crippen LogP) is 1.24. The number of carbonyl (C=O) groups excluding carboxylic acids is 1. The first-order valence-electron chi connectivity index (χ1n) is 7.94. The van der Waals surface area contributed by atoms with Crippen LogP contribution in [0.3, 0.4) is 0 Å². The van der Waals surface area contributed by atoms with Crippen LogP contribution in [0.25, 0.3) is 0 Å². The molecule has 2 aliphatic heterocycles. The molecule has 11 heteroatoms. The van der Waals surface area contributed by atoms with Gasteiger partial charge in [0, 0.05) is 25.1 Å². The van der Waals surface area contributed by atoms with Crippen molar-refractivity contribution >= 4 is 16.5 Å². The average molecular weight is 377 g/mol. The van der Waals surface area contributed by atoms with E-state index in [-0.39, 0.29) is 18.2 Å². The van der Waals surface area contributed by atoms with Crippen LogP contribution in [-0.4, -0.2) is 64.3 Å². The molecule has 142 valence electrons. The first-order chi connectivity index (χ1) is 11.7. The zero-order valence-corrected chi connectivity index (χ0v) is 14.9. The van der Waals surface area contributed by atoms with Crippen LogP contribution in [0.4, 0.5) is 4.79 Å². The lowest BCUT2D eigenvalue weighted by Gasteiger charge is -2.36. The molecular weight excluding hydrogens is 354 g/mol. The quantitative estimate of drug-likeness (QED) is 0.653. The van der Waals surface area contributed by atoms with Crippen molar-refractivity contribution in [2.75, 3.05) is 19.8 Å². The Labute approximate surface area is 146 Å². The normalized spacial score (nSPS) is 23.0. The van der Waals surface area contributed by atoms with Gasteiger partial charge in [0.2, 0.25) is 0 Å². The minimum atomic E-state index is -4.67. The molecule has 1 saturated heterocycles. The second-order valence-corrected chi connectivity index (χ2v) is 7.11. The van der Waals surface area contributed by atoms with E-state index < -0.39 is 10.4 Å². The number of hydrogen-bond acceptors (Lipinski definition) is 6. The Morgan fingerprint density at radius 2 is 2.16 bits per heavy atom. The van der Waals surface area contributed by atoms with E-state index in [9.17, 15) is 4.79 Å². The second-order valence-electron chi connectivity index (χ2n) is 6.22. The van der Waals surface area contributed by atoms with Crippen molar-refractivity contribution in [2.24, 2.45) is 5.92 Å². The third-order valence-corrected chi connectivity index (χ3v) is 3.99. The molecule has 1 aromatic heterocycles. The first kappa shape index (κ1) is 19.6. The number of aromatic amines is 1. The summed E-state index contributed by atoms with van der Waals surface area (Å²) in [5.74, 6) is 0.296. The molecule has 10 nitrogen and oxygen atoms in total. The maximum atomic E-state index is 12.4. The fourth-order valence-electron chi connectivity index (χ4n) is 3.00. The molecule has 0 unspecified atom stereocenters. The lowest BCUT2D eigenvalue weighted by molar-refractivity contribution is 0.0344. The van der Waals surface area contributed by atoms with Gasteiger partial charge in [-0.2, -0.15) is 8.42 Å². The van der Waals surface area contributed by atoms with Crippen molar-refractivity contribution in [3.8, 4) is 0 Å². The Hall–Kier alpha value is -1.69. The second kappa shape index (κ2) is 8.13. The number of ether oxygens (including phenoxy) is 2. The van der Waals surface area contributed by atoms with Crippen LogP contribution in [0.15, 0.2) is 6.33 Å². The highest BCUT2D eigenvalue weighted by Gasteiger charge is 2.36. The maximum absolute atomic E-state index is 12.4. The summed E-state index contributed by atoms with van der Waals surface area (Å²) < 4.78 is 42.4. The summed E-state index contributed by atoms with van der Waals surface area (Å²) in [6.45, 7) is 6.07. The predicted molar refractivity (Wildman–Crippen MR) is 86.5 cm³/mol. The summed E-state index contributed by atoms with van der Waals surface area (Å²) in [4.78, 5) is 21.8. The summed E-state index contributed by atoms with van der Waals surface area (Å²) in [6.07, 6.45) is 2.96. The number of amides is 1. The van der Waals surface area contributed by atoms with Crippen LogP contribution in [0, 0.1) is 5.92 Å². The largest absolute Gasteiger partial charge is 0.444 e. The van der Waals surface area contributed by atoms with Gasteiger partial charge in [0.25, 0.3) is 0 Å². The Morgan fingerprint density at radius 3 is 2.72 bits per heavy atom. The maximum Gasteiger partial charge on any atom is 0.410 e. The van der Waals surface area contributed by atoms with E-state index in [1.54, 1.807) is 6.33 Å². The van der Waals surface area contributed by atoms with Crippen LogP contribution in [0.2, 0.25) is 0 Å². The van der Waals surface area contributed by atoms with E-state index in [0.29, 0.717) is 25.7 Å². The Morgan fingerprint density at radius 1 is 1.48 bits per heavy atom. The lowest BCUT2D eigenvalue weighted by atomic mass is 9.94. The fraction of sp³-hybridized carbons (Fsp3) is 0.714. The van der Waals surface area contributed by atoms with Crippen LogP contribution >= 0.6 is 0 Å². The molecule has 0 spiro atoms. The Bertz CT molecular complexity index is 674. The molecule has 2 aliphatic rings. The van der Waals surface area contributed by atoms with Gasteiger partial charge in [-0.1, -0.05) is 13.8 Å². The monoisotopic (exact) mass is 377 g/mol. The van der Waals surface area contributed by atoms with Gasteiger partial charge in [0.05, 0.1) is 31.3 Å². The highest BCUT2D eigenvalue weighted by atomic mass is 32.3. The molecule has 1 aromatic rings. The van der Waals surface area contributed by atoms with Gasteiger partial charge >= 0.3 is 16.5 Å². The third-order valence-electron chi connectivity index (χ3n) is 3.99. The standard InChI is InChI=1S/C14H21N3O3.H2O4S/c1-9(2)13-12-11(15-8-16-12)3-5-17(13)14(18)20-10-4-6-19-7-10;1-5(2,3)4/h8-10,13H,3-7H2,1-2H3,(H,15,16);(H2,1,2,3,4)/t10-,13-;/m0./s1. The van der Waals surface area contributed by atoms with Gasteiger partial charge in [-0.25, -0.2) is 9.78 Å². The van der Waals surface area contributed by atoms with Gasteiger partial charge in [0.1, 0.15) is 6.10 Å². The summed E-state index contributed by atoms with van der Waals surface area (Å²) in [5, 5.41) is 0. The minimum Gasteiger partial charge on any atom is -0.444 e. The summed E-state index contributed by atoms with van der Waals surface area (Å²) >= 11 is 0. The molecule has 2 atom stereocenters. The van der Waals surface area contributed by atoms with Gasteiger partial charge in [-0.3, -0.25) is 14.0 Å². The molecule has 0 radical (unpaired) electrons. The van der Waals surface area contributed by atoms with Crippen molar-refractivity contribution in [1.29, 1.82) is 0 Å². The third kappa shape index (κ3) is 5.66. The van der Waals surface area contributed by atoms with Crippen LogP contribution in [0.1, 0.15) is 37.7 Å². The Kier molecular flexibility index (Phi) is 6.38. The van der Waals surface area contributed by atoms with Gasteiger partial charge in [-0.05, 0) is 5.92 Å². The number of nitrogens with one attached hydrogen (secondary N) is 1. The number of aromatic nitrogens is 2. The SMILES string of the molecule is CC(C)[C@H]1c2nc[nH]c2CCN1C(=O)O[C@H]1CCOC1.O=S(=O)(O)O. The van der Waals surface area contributed by atoms with E-state index in [1.807, 2.05) is 4.90 Å². The molecule has 0 bridgehead atoms. The molecule has 25 heavy (non-hydrogen) atoms. The Balaban J connectivity index is 0.000000399. The van der Waals surface area contributed by atoms with Crippen molar-refractivity contribution < 1.29 is 31.8 Å². The van der Waals surface area contributed by atoms with Crippen LogP contribution in [0.5, 0.6) is 0 Å². The molecule has 1 amide bonds. The first-order valence-corrected chi connectivity index (χ1v) is 9.33.